The number of esters is 1. The number of hydrogen-bond donors (Lipinski definition) is 1. The smallest absolute Gasteiger partial charge is 0.339 e. The summed E-state index contributed by atoms with van der Waals surface area (Å²) in [6, 6.07) is 12.3. The third-order valence-electron chi connectivity index (χ3n) is 4.62. The van der Waals surface area contributed by atoms with E-state index in [0.29, 0.717) is 31.9 Å². The van der Waals surface area contributed by atoms with Crippen molar-refractivity contribution >= 4 is 35.0 Å². The SMILES string of the molecule is COC(=O)c1cc(NC(=O)N2CCN(c3ccccc3OC)CC2)ccc1Cl. The van der Waals surface area contributed by atoms with Crippen molar-refractivity contribution in [2.24, 2.45) is 0 Å². The Balaban J connectivity index is 1.62. The average molecular weight is 404 g/mol. The van der Waals surface area contributed by atoms with Crippen LogP contribution in [0.25, 0.3) is 0 Å². The minimum Gasteiger partial charge on any atom is -0.495 e. The van der Waals surface area contributed by atoms with E-state index in [-0.39, 0.29) is 16.6 Å². The zero-order valence-electron chi connectivity index (χ0n) is 15.8. The molecule has 3 rings (SSSR count). The van der Waals surface area contributed by atoms with Gasteiger partial charge in [0.2, 0.25) is 0 Å². The summed E-state index contributed by atoms with van der Waals surface area (Å²) < 4.78 is 10.1. The van der Waals surface area contributed by atoms with E-state index in [1.807, 2.05) is 24.3 Å². The molecule has 1 N–H and O–H groups in total. The molecule has 8 heteroatoms. The molecule has 148 valence electrons. The fourth-order valence-corrected chi connectivity index (χ4v) is 3.31. The second-order valence-electron chi connectivity index (χ2n) is 6.26. The van der Waals surface area contributed by atoms with Gasteiger partial charge in [-0.1, -0.05) is 23.7 Å². The van der Waals surface area contributed by atoms with Crippen molar-refractivity contribution < 1.29 is 19.1 Å². The number of methoxy groups -OCH3 is 2. The van der Waals surface area contributed by atoms with Gasteiger partial charge in [-0.2, -0.15) is 0 Å². The summed E-state index contributed by atoms with van der Waals surface area (Å²) in [5, 5.41) is 3.09. The van der Waals surface area contributed by atoms with Gasteiger partial charge in [-0.3, -0.25) is 0 Å². The number of halogens is 1. The maximum atomic E-state index is 12.6. The molecule has 1 fully saturated rings. The second-order valence-corrected chi connectivity index (χ2v) is 6.67. The van der Waals surface area contributed by atoms with Crippen LogP contribution in [0.15, 0.2) is 42.5 Å². The largest absolute Gasteiger partial charge is 0.495 e. The first-order valence-corrected chi connectivity index (χ1v) is 9.23. The van der Waals surface area contributed by atoms with Crippen LogP contribution >= 0.6 is 11.6 Å². The van der Waals surface area contributed by atoms with Crippen molar-refractivity contribution in [2.75, 3.05) is 50.6 Å². The average Bonchev–Trinajstić information content (AvgIpc) is 2.74. The molecule has 1 aliphatic rings. The normalized spacial score (nSPS) is 13.8. The van der Waals surface area contributed by atoms with Crippen LogP contribution in [0.2, 0.25) is 5.02 Å². The Morgan fingerprint density at radius 1 is 1.04 bits per heavy atom. The molecule has 2 amide bonds. The molecule has 1 saturated heterocycles. The van der Waals surface area contributed by atoms with E-state index < -0.39 is 5.97 Å². The summed E-state index contributed by atoms with van der Waals surface area (Å²) in [4.78, 5) is 28.3. The Labute approximate surface area is 168 Å². The Kier molecular flexibility index (Phi) is 6.26. The van der Waals surface area contributed by atoms with Crippen molar-refractivity contribution in [1.82, 2.24) is 4.90 Å². The van der Waals surface area contributed by atoms with Crippen LogP contribution < -0.4 is 15.0 Å². The van der Waals surface area contributed by atoms with E-state index in [2.05, 4.69) is 10.2 Å². The number of para-hydroxylation sites is 2. The highest BCUT2D eigenvalue weighted by Crippen LogP contribution is 2.28. The summed E-state index contributed by atoms with van der Waals surface area (Å²) >= 11 is 6.01. The molecular weight excluding hydrogens is 382 g/mol. The molecule has 0 unspecified atom stereocenters. The van der Waals surface area contributed by atoms with Crippen LogP contribution in [-0.2, 0) is 4.74 Å². The predicted octanol–water partition coefficient (Wildman–Crippen LogP) is 3.49. The van der Waals surface area contributed by atoms with E-state index in [9.17, 15) is 9.59 Å². The number of ether oxygens (including phenoxy) is 2. The number of rotatable bonds is 4. The maximum absolute atomic E-state index is 12.6. The number of carbonyl (C=O) groups excluding carboxylic acids is 2. The zero-order chi connectivity index (χ0) is 20.1. The van der Waals surface area contributed by atoms with Gasteiger partial charge in [0.25, 0.3) is 0 Å². The number of nitrogens with one attached hydrogen (secondary N) is 1. The highest BCUT2D eigenvalue weighted by Gasteiger charge is 2.23. The van der Waals surface area contributed by atoms with Crippen molar-refractivity contribution in [3.63, 3.8) is 0 Å². The van der Waals surface area contributed by atoms with Crippen molar-refractivity contribution in [2.45, 2.75) is 0 Å². The molecule has 0 spiro atoms. The van der Waals surface area contributed by atoms with E-state index >= 15 is 0 Å². The number of piperazine rings is 1. The summed E-state index contributed by atoms with van der Waals surface area (Å²) in [6.07, 6.45) is 0. The summed E-state index contributed by atoms with van der Waals surface area (Å²) in [5.41, 5.74) is 1.72. The topological polar surface area (TPSA) is 71.1 Å². The molecule has 2 aromatic carbocycles. The fraction of sp³-hybridized carbons (Fsp3) is 0.300. The Bertz CT molecular complexity index is 866. The molecule has 1 aliphatic heterocycles. The minimum absolute atomic E-state index is 0.211. The Hall–Kier alpha value is -2.93. The molecule has 7 nitrogen and oxygen atoms in total. The van der Waals surface area contributed by atoms with Crippen LogP contribution in [0.4, 0.5) is 16.2 Å². The summed E-state index contributed by atoms with van der Waals surface area (Å²) in [6.45, 7) is 2.53. The molecule has 0 atom stereocenters. The lowest BCUT2D eigenvalue weighted by Crippen LogP contribution is -2.50. The van der Waals surface area contributed by atoms with Gasteiger partial charge in [0.15, 0.2) is 0 Å². The minimum atomic E-state index is -0.550. The summed E-state index contributed by atoms with van der Waals surface area (Å²) in [5.74, 6) is 0.267. The van der Waals surface area contributed by atoms with Crippen LogP contribution in [0.3, 0.4) is 0 Å². The molecule has 0 aliphatic carbocycles. The predicted molar refractivity (Wildman–Crippen MR) is 109 cm³/mol. The molecule has 0 bridgehead atoms. The van der Waals surface area contributed by atoms with Gasteiger partial charge >= 0.3 is 12.0 Å². The molecule has 28 heavy (non-hydrogen) atoms. The Morgan fingerprint density at radius 2 is 1.75 bits per heavy atom. The van der Waals surface area contributed by atoms with Gasteiger partial charge in [-0.05, 0) is 30.3 Å². The molecule has 1 heterocycles. The maximum Gasteiger partial charge on any atom is 0.339 e. The first-order valence-electron chi connectivity index (χ1n) is 8.85. The van der Waals surface area contributed by atoms with Crippen LogP contribution in [0.5, 0.6) is 5.75 Å². The molecule has 2 aromatic rings. The summed E-state index contributed by atoms with van der Waals surface area (Å²) in [7, 11) is 2.93. The van der Waals surface area contributed by atoms with Crippen LogP contribution in [0.1, 0.15) is 10.4 Å². The van der Waals surface area contributed by atoms with Crippen molar-refractivity contribution in [1.29, 1.82) is 0 Å². The van der Waals surface area contributed by atoms with E-state index in [1.54, 1.807) is 24.1 Å². The third kappa shape index (κ3) is 4.31. The van der Waals surface area contributed by atoms with E-state index in [4.69, 9.17) is 21.1 Å². The lowest BCUT2D eigenvalue weighted by atomic mass is 10.2. The van der Waals surface area contributed by atoms with Gasteiger partial charge in [0, 0.05) is 31.9 Å². The number of carbonyl (C=O) groups is 2. The van der Waals surface area contributed by atoms with Gasteiger partial charge in [0.1, 0.15) is 5.75 Å². The molecule has 0 aromatic heterocycles. The number of hydrogen-bond acceptors (Lipinski definition) is 5. The third-order valence-corrected chi connectivity index (χ3v) is 4.95. The van der Waals surface area contributed by atoms with E-state index in [1.165, 1.54) is 13.2 Å². The fourth-order valence-electron chi connectivity index (χ4n) is 3.11. The first-order chi connectivity index (χ1) is 13.5. The number of amides is 2. The number of nitrogens with zero attached hydrogens (tertiary/aromatic N) is 2. The monoisotopic (exact) mass is 403 g/mol. The van der Waals surface area contributed by atoms with Gasteiger partial charge < -0.3 is 24.6 Å². The van der Waals surface area contributed by atoms with Gasteiger partial charge in [0.05, 0.1) is 30.5 Å². The van der Waals surface area contributed by atoms with Gasteiger partial charge in [-0.25, -0.2) is 9.59 Å². The first kappa shape index (κ1) is 19.8. The molecule has 0 radical (unpaired) electrons. The Morgan fingerprint density at radius 3 is 2.43 bits per heavy atom. The van der Waals surface area contributed by atoms with Crippen LogP contribution in [-0.4, -0.2) is 57.3 Å². The van der Waals surface area contributed by atoms with Crippen molar-refractivity contribution in [3.8, 4) is 5.75 Å². The lowest BCUT2D eigenvalue weighted by Gasteiger charge is -2.36. The number of anilines is 2. The number of benzene rings is 2. The standard InChI is InChI=1S/C20H22ClN3O4/c1-27-18-6-4-3-5-17(18)23-9-11-24(12-10-23)20(26)22-14-7-8-16(21)15(13-14)19(25)28-2/h3-8,13H,9-12H2,1-2H3,(H,22,26). The van der Waals surface area contributed by atoms with Crippen LogP contribution in [0, 0.1) is 0 Å². The quantitative estimate of drug-likeness (QED) is 0.791. The highest BCUT2D eigenvalue weighted by molar-refractivity contribution is 6.33. The zero-order valence-corrected chi connectivity index (χ0v) is 16.5. The van der Waals surface area contributed by atoms with Crippen molar-refractivity contribution in [3.05, 3.63) is 53.1 Å². The van der Waals surface area contributed by atoms with Gasteiger partial charge in [-0.15, -0.1) is 0 Å². The number of urea groups is 1. The van der Waals surface area contributed by atoms with E-state index in [0.717, 1.165) is 11.4 Å². The lowest BCUT2D eigenvalue weighted by molar-refractivity contribution is 0.0601. The molecule has 0 saturated carbocycles. The highest BCUT2D eigenvalue weighted by atomic mass is 35.5. The molecular formula is C20H22ClN3O4. The second kappa shape index (κ2) is 8.84.